The number of benzene rings is 1. The Labute approximate surface area is 137 Å². The van der Waals surface area contributed by atoms with Crippen LogP contribution < -0.4 is 10.9 Å². The molecule has 0 saturated heterocycles. The van der Waals surface area contributed by atoms with Crippen LogP contribution in [0.25, 0.3) is 5.65 Å². The summed E-state index contributed by atoms with van der Waals surface area (Å²) in [7, 11) is 0. The van der Waals surface area contributed by atoms with Crippen molar-refractivity contribution >= 4 is 28.8 Å². The zero-order chi connectivity index (χ0) is 16.4. The number of hydrogen-bond acceptors (Lipinski definition) is 3. The fourth-order valence-electron chi connectivity index (χ4n) is 2.33. The second-order valence-corrected chi connectivity index (χ2v) is 5.60. The highest BCUT2D eigenvalue weighted by Gasteiger charge is 2.13. The van der Waals surface area contributed by atoms with E-state index in [1.807, 2.05) is 30.3 Å². The highest BCUT2D eigenvalue weighted by molar-refractivity contribution is 6.30. The van der Waals surface area contributed by atoms with E-state index in [-0.39, 0.29) is 23.6 Å². The molecule has 3 aromatic rings. The fourth-order valence-corrected chi connectivity index (χ4v) is 2.49. The summed E-state index contributed by atoms with van der Waals surface area (Å²) in [6, 6.07) is 12.7. The highest BCUT2D eigenvalue weighted by atomic mass is 35.5. The van der Waals surface area contributed by atoms with Crippen LogP contribution in [-0.4, -0.2) is 15.3 Å². The maximum Gasteiger partial charge on any atom is 0.281 e. The smallest absolute Gasteiger partial charge is 0.281 e. The number of aromatic nitrogens is 2. The average molecular weight is 328 g/mol. The van der Waals surface area contributed by atoms with E-state index < -0.39 is 0 Å². The van der Waals surface area contributed by atoms with Crippen molar-refractivity contribution in [1.29, 1.82) is 0 Å². The van der Waals surface area contributed by atoms with Gasteiger partial charge in [0.25, 0.3) is 5.56 Å². The molecule has 0 unspecified atom stereocenters. The summed E-state index contributed by atoms with van der Waals surface area (Å²) < 4.78 is 1.33. The molecule has 1 amide bonds. The fraction of sp³-hybridized carbons (Fsp3) is 0.118. The molecular formula is C17H14ClN3O2. The van der Waals surface area contributed by atoms with Gasteiger partial charge in [-0.2, -0.15) is 0 Å². The zero-order valence-electron chi connectivity index (χ0n) is 12.4. The van der Waals surface area contributed by atoms with Gasteiger partial charge in [0.05, 0.1) is 17.1 Å². The molecule has 0 fully saturated rings. The van der Waals surface area contributed by atoms with Gasteiger partial charge in [-0.3, -0.25) is 14.0 Å². The van der Waals surface area contributed by atoms with Crippen LogP contribution in [0.2, 0.25) is 5.02 Å². The molecule has 0 saturated carbocycles. The number of fused-ring (bicyclic) bond motifs is 1. The molecule has 0 spiro atoms. The van der Waals surface area contributed by atoms with Gasteiger partial charge < -0.3 is 5.32 Å². The predicted octanol–water partition coefficient (Wildman–Crippen LogP) is 2.84. The average Bonchev–Trinajstić information content (AvgIpc) is 2.53. The number of nitrogens with one attached hydrogen (secondary N) is 1. The molecule has 1 aromatic carbocycles. The molecule has 0 aliphatic carbocycles. The maximum absolute atomic E-state index is 12.5. The topological polar surface area (TPSA) is 63.5 Å². The van der Waals surface area contributed by atoms with Crippen molar-refractivity contribution in [2.75, 3.05) is 5.32 Å². The van der Waals surface area contributed by atoms with Crippen LogP contribution in [0.3, 0.4) is 0 Å². The Bertz CT molecular complexity index is 936. The minimum absolute atomic E-state index is 0.172. The lowest BCUT2D eigenvalue weighted by molar-refractivity contribution is -0.115. The van der Waals surface area contributed by atoms with Crippen LogP contribution >= 0.6 is 11.6 Å². The lowest BCUT2D eigenvalue weighted by atomic mass is 10.1. The molecule has 1 N–H and O–H groups in total. The van der Waals surface area contributed by atoms with Gasteiger partial charge in [-0.15, -0.1) is 0 Å². The summed E-state index contributed by atoms with van der Waals surface area (Å²) in [5, 5.41) is 3.08. The number of hydrogen-bond donors (Lipinski definition) is 1. The minimum atomic E-state index is -0.351. The van der Waals surface area contributed by atoms with E-state index in [0.717, 1.165) is 5.56 Å². The van der Waals surface area contributed by atoms with Crippen LogP contribution in [0.1, 0.15) is 11.3 Å². The van der Waals surface area contributed by atoms with Gasteiger partial charge in [-0.05, 0) is 24.6 Å². The lowest BCUT2D eigenvalue weighted by Gasteiger charge is -2.10. The lowest BCUT2D eigenvalue weighted by Crippen LogP contribution is -2.25. The Kier molecular flexibility index (Phi) is 4.12. The summed E-state index contributed by atoms with van der Waals surface area (Å²) >= 11 is 5.92. The van der Waals surface area contributed by atoms with E-state index in [4.69, 9.17) is 11.6 Å². The first-order chi connectivity index (χ1) is 11.0. The van der Waals surface area contributed by atoms with Crippen molar-refractivity contribution < 1.29 is 4.79 Å². The number of aryl methyl sites for hydroxylation is 1. The van der Waals surface area contributed by atoms with E-state index in [1.165, 1.54) is 10.6 Å². The molecule has 2 heterocycles. The van der Waals surface area contributed by atoms with Crippen molar-refractivity contribution in [2.24, 2.45) is 0 Å². The normalized spacial score (nSPS) is 10.7. The molecular weight excluding hydrogens is 314 g/mol. The standard InChI is InChI=1S/C17H14ClN3O2/c1-11-16(20-15(22)9-12-5-3-2-4-6-12)17(23)21-10-13(18)7-8-14(21)19-11/h2-8,10H,9H2,1H3,(H,20,22). The molecule has 6 heteroatoms. The van der Waals surface area contributed by atoms with Crippen LogP contribution in [0.5, 0.6) is 0 Å². The second-order valence-electron chi connectivity index (χ2n) is 5.16. The molecule has 0 aliphatic rings. The maximum atomic E-state index is 12.5. The number of nitrogens with zero attached hydrogens (tertiary/aromatic N) is 2. The number of carbonyl (C=O) groups is 1. The number of rotatable bonds is 3. The van der Waals surface area contributed by atoms with Crippen LogP contribution in [0, 0.1) is 6.92 Å². The van der Waals surface area contributed by atoms with Crippen molar-refractivity contribution in [3.8, 4) is 0 Å². The Morgan fingerprint density at radius 1 is 1.22 bits per heavy atom. The van der Waals surface area contributed by atoms with Gasteiger partial charge in [0.1, 0.15) is 11.3 Å². The Hall–Kier alpha value is -2.66. The molecule has 3 rings (SSSR count). The first-order valence-electron chi connectivity index (χ1n) is 7.07. The number of carbonyl (C=O) groups excluding carboxylic acids is 1. The van der Waals surface area contributed by atoms with Crippen LogP contribution in [-0.2, 0) is 11.2 Å². The van der Waals surface area contributed by atoms with Crippen molar-refractivity contribution in [1.82, 2.24) is 9.38 Å². The molecule has 0 bridgehead atoms. The van der Waals surface area contributed by atoms with Crippen molar-refractivity contribution in [2.45, 2.75) is 13.3 Å². The first kappa shape index (κ1) is 15.2. The van der Waals surface area contributed by atoms with Gasteiger partial charge in [0, 0.05) is 6.20 Å². The molecule has 23 heavy (non-hydrogen) atoms. The summed E-state index contributed by atoms with van der Waals surface area (Å²) in [5.41, 5.74) is 1.65. The SMILES string of the molecule is Cc1nc2ccc(Cl)cn2c(=O)c1NC(=O)Cc1ccccc1. The summed E-state index contributed by atoms with van der Waals surface area (Å²) in [5.74, 6) is -0.264. The van der Waals surface area contributed by atoms with Gasteiger partial charge in [0.15, 0.2) is 0 Å². The number of anilines is 1. The molecule has 0 atom stereocenters. The van der Waals surface area contributed by atoms with Crippen LogP contribution in [0.15, 0.2) is 53.5 Å². The minimum Gasteiger partial charge on any atom is -0.320 e. The largest absolute Gasteiger partial charge is 0.320 e. The third-order valence-corrected chi connectivity index (χ3v) is 3.66. The van der Waals surface area contributed by atoms with Gasteiger partial charge in [0.2, 0.25) is 5.91 Å². The van der Waals surface area contributed by atoms with Crippen LogP contribution in [0.4, 0.5) is 5.69 Å². The molecule has 0 aliphatic heterocycles. The van der Waals surface area contributed by atoms with E-state index in [9.17, 15) is 9.59 Å². The number of pyridine rings is 1. The van der Waals surface area contributed by atoms with E-state index in [0.29, 0.717) is 16.4 Å². The molecule has 2 aromatic heterocycles. The van der Waals surface area contributed by atoms with E-state index in [1.54, 1.807) is 19.1 Å². The number of amides is 1. The Morgan fingerprint density at radius 3 is 2.70 bits per heavy atom. The summed E-state index contributed by atoms with van der Waals surface area (Å²) in [6.45, 7) is 1.69. The second kappa shape index (κ2) is 6.22. The first-order valence-corrected chi connectivity index (χ1v) is 7.44. The summed E-state index contributed by atoms with van der Waals surface area (Å²) in [6.07, 6.45) is 1.68. The van der Waals surface area contributed by atoms with Crippen molar-refractivity contribution in [3.05, 3.63) is 75.3 Å². The molecule has 5 nitrogen and oxygen atoms in total. The monoisotopic (exact) mass is 327 g/mol. The van der Waals surface area contributed by atoms with Gasteiger partial charge in [-0.25, -0.2) is 4.98 Å². The summed E-state index contributed by atoms with van der Waals surface area (Å²) in [4.78, 5) is 29.0. The van der Waals surface area contributed by atoms with Gasteiger partial charge in [-0.1, -0.05) is 41.9 Å². The Morgan fingerprint density at radius 2 is 1.96 bits per heavy atom. The van der Waals surface area contributed by atoms with E-state index >= 15 is 0 Å². The number of halogens is 1. The van der Waals surface area contributed by atoms with E-state index in [2.05, 4.69) is 10.3 Å². The van der Waals surface area contributed by atoms with Crippen molar-refractivity contribution in [3.63, 3.8) is 0 Å². The molecule has 0 radical (unpaired) electrons. The quantitative estimate of drug-likeness (QED) is 0.804. The van der Waals surface area contributed by atoms with Gasteiger partial charge >= 0.3 is 0 Å². The third kappa shape index (κ3) is 3.24. The predicted molar refractivity (Wildman–Crippen MR) is 90.0 cm³/mol. The highest BCUT2D eigenvalue weighted by Crippen LogP contribution is 2.13. The zero-order valence-corrected chi connectivity index (χ0v) is 13.2. The third-order valence-electron chi connectivity index (χ3n) is 3.44. The molecule has 116 valence electrons. The Balaban J connectivity index is 1.93.